The lowest BCUT2D eigenvalue weighted by molar-refractivity contribution is -0.384. The van der Waals surface area contributed by atoms with E-state index in [1.807, 2.05) is 6.92 Å². The van der Waals surface area contributed by atoms with E-state index in [0.717, 1.165) is 51.6 Å². The lowest BCUT2D eigenvalue weighted by atomic mass is 9.98. The number of carbonyl (C=O) groups excluding carboxylic acids is 1. The Morgan fingerprint density at radius 3 is 2.34 bits per heavy atom. The van der Waals surface area contributed by atoms with Crippen molar-refractivity contribution in [2.24, 2.45) is 5.92 Å². The first-order valence-electron chi connectivity index (χ1n) is 12.2. The lowest BCUT2D eigenvalue weighted by Crippen LogP contribution is -2.15. The predicted octanol–water partition coefficient (Wildman–Crippen LogP) is 6.72. The first-order chi connectivity index (χ1) is 15.5. The molecule has 0 saturated heterocycles. The van der Waals surface area contributed by atoms with E-state index in [0.29, 0.717) is 25.7 Å². The molecule has 182 valence electrons. The molecular weight excluding hydrogens is 410 g/mol. The third-order valence-electron chi connectivity index (χ3n) is 5.37. The SMILES string of the molecule is CCCCCCC(CCOc1cc([N+](=O)[O-])ccc1C(=O)OCCCC)COCCCC. The monoisotopic (exact) mass is 451 g/mol. The molecule has 7 heteroatoms. The fraction of sp³-hybridized carbons (Fsp3) is 0.720. The van der Waals surface area contributed by atoms with Crippen LogP contribution in [0.25, 0.3) is 0 Å². The standard InChI is InChI=1S/C25H41NO6/c1-4-7-10-11-12-21(20-30-16-8-5-2)15-18-31-24-19-22(26(28)29)13-14-23(24)25(27)32-17-9-6-3/h13-14,19,21H,4-12,15-18,20H2,1-3H3. The van der Waals surface area contributed by atoms with E-state index in [9.17, 15) is 14.9 Å². The van der Waals surface area contributed by atoms with Crippen molar-refractivity contribution in [3.05, 3.63) is 33.9 Å². The summed E-state index contributed by atoms with van der Waals surface area (Å²) in [6.07, 6.45) is 10.5. The number of benzene rings is 1. The highest BCUT2D eigenvalue weighted by Crippen LogP contribution is 2.27. The molecule has 7 nitrogen and oxygen atoms in total. The number of nitro benzene ring substituents is 1. The number of rotatable bonds is 19. The molecule has 0 aliphatic heterocycles. The number of nitrogens with zero attached hydrogens (tertiary/aromatic N) is 1. The number of carbonyl (C=O) groups is 1. The maximum atomic E-state index is 12.4. The Morgan fingerprint density at radius 1 is 0.938 bits per heavy atom. The van der Waals surface area contributed by atoms with E-state index < -0.39 is 10.9 Å². The number of non-ortho nitro benzene ring substituents is 1. The summed E-state index contributed by atoms with van der Waals surface area (Å²) in [5, 5.41) is 11.2. The van der Waals surface area contributed by atoms with Crippen molar-refractivity contribution in [3.63, 3.8) is 0 Å². The van der Waals surface area contributed by atoms with Crippen LogP contribution >= 0.6 is 0 Å². The maximum Gasteiger partial charge on any atom is 0.341 e. The van der Waals surface area contributed by atoms with Crippen molar-refractivity contribution >= 4 is 11.7 Å². The van der Waals surface area contributed by atoms with E-state index in [-0.39, 0.29) is 17.0 Å². The predicted molar refractivity (Wildman–Crippen MR) is 126 cm³/mol. The molecule has 0 bridgehead atoms. The van der Waals surface area contributed by atoms with E-state index in [4.69, 9.17) is 14.2 Å². The van der Waals surface area contributed by atoms with Gasteiger partial charge in [0.15, 0.2) is 0 Å². The van der Waals surface area contributed by atoms with Crippen LogP contribution in [-0.2, 0) is 9.47 Å². The van der Waals surface area contributed by atoms with Crippen LogP contribution in [0.4, 0.5) is 5.69 Å². The van der Waals surface area contributed by atoms with Crippen molar-refractivity contribution in [1.29, 1.82) is 0 Å². The fourth-order valence-electron chi connectivity index (χ4n) is 3.30. The molecule has 0 fully saturated rings. The second-order valence-corrected chi connectivity index (χ2v) is 8.21. The molecule has 1 aromatic carbocycles. The zero-order chi connectivity index (χ0) is 23.6. The van der Waals surface area contributed by atoms with Crippen molar-refractivity contribution in [2.75, 3.05) is 26.4 Å². The summed E-state index contributed by atoms with van der Waals surface area (Å²) in [7, 11) is 0. The number of esters is 1. The smallest absolute Gasteiger partial charge is 0.341 e. The second kappa shape index (κ2) is 17.4. The van der Waals surface area contributed by atoms with Gasteiger partial charge < -0.3 is 14.2 Å². The molecule has 0 amide bonds. The van der Waals surface area contributed by atoms with Crippen molar-refractivity contribution < 1.29 is 23.9 Å². The molecule has 0 aromatic heterocycles. The topological polar surface area (TPSA) is 87.9 Å². The van der Waals surface area contributed by atoms with Crippen molar-refractivity contribution in [2.45, 2.75) is 85.0 Å². The van der Waals surface area contributed by atoms with Gasteiger partial charge in [-0.25, -0.2) is 4.79 Å². The average molecular weight is 452 g/mol. The number of unbranched alkanes of at least 4 members (excludes halogenated alkanes) is 5. The molecule has 0 saturated carbocycles. The summed E-state index contributed by atoms with van der Waals surface area (Å²) in [6.45, 7) is 8.50. The first-order valence-corrected chi connectivity index (χ1v) is 12.2. The highest BCUT2D eigenvalue weighted by molar-refractivity contribution is 5.93. The van der Waals surface area contributed by atoms with Gasteiger partial charge in [0.1, 0.15) is 11.3 Å². The molecule has 0 aliphatic carbocycles. The van der Waals surface area contributed by atoms with Gasteiger partial charge in [-0.3, -0.25) is 10.1 Å². The summed E-state index contributed by atoms with van der Waals surface area (Å²) in [4.78, 5) is 23.1. The Labute approximate surface area is 193 Å². The van der Waals surface area contributed by atoms with Gasteiger partial charge in [0.25, 0.3) is 5.69 Å². The Kier molecular flexibility index (Phi) is 15.2. The van der Waals surface area contributed by atoms with Crippen LogP contribution in [-0.4, -0.2) is 37.3 Å². The molecule has 1 aromatic rings. The number of hydrogen-bond donors (Lipinski definition) is 0. The van der Waals surface area contributed by atoms with Crippen LogP contribution in [0.2, 0.25) is 0 Å². The van der Waals surface area contributed by atoms with Gasteiger partial charge in [0, 0.05) is 19.3 Å². The zero-order valence-electron chi connectivity index (χ0n) is 20.1. The van der Waals surface area contributed by atoms with Crippen LogP contribution in [0.15, 0.2) is 18.2 Å². The minimum Gasteiger partial charge on any atom is -0.492 e. The van der Waals surface area contributed by atoms with Gasteiger partial charge in [0.2, 0.25) is 0 Å². The van der Waals surface area contributed by atoms with E-state index in [1.165, 1.54) is 37.5 Å². The molecule has 1 unspecified atom stereocenters. The number of nitro groups is 1. The minimum atomic E-state index is -0.512. The van der Waals surface area contributed by atoms with Gasteiger partial charge >= 0.3 is 5.97 Å². The second-order valence-electron chi connectivity index (χ2n) is 8.21. The molecule has 0 N–H and O–H groups in total. The third kappa shape index (κ3) is 11.5. The maximum absolute atomic E-state index is 12.4. The first kappa shape index (κ1) is 27.9. The number of ether oxygens (including phenoxy) is 3. The van der Waals surface area contributed by atoms with Crippen LogP contribution in [0, 0.1) is 16.0 Å². The van der Waals surface area contributed by atoms with Crippen molar-refractivity contribution in [1.82, 2.24) is 0 Å². The summed E-state index contributed by atoms with van der Waals surface area (Å²) in [5.41, 5.74) is 0.120. The lowest BCUT2D eigenvalue weighted by Gasteiger charge is -2.18. The van der Waals surface area contributed by atoms with Gasteiger partial charge in [-0.2, -0.15) is 0 Å². The molecule has 1 rings (SSSR count). The molecular formula is C25H41NO6. The number of hydrogen-bond acceptors (Lipinski definition) is 6. The van der Waals surface area contributed by atoms with E-state index in [1.54, 1.807) is 0 Å². The Balaban J connectivity index is 2.74. The third-order valence-corrected chi connectivity index (χ3v) is 5.37. The highest BCUT2D eigenvalue weighted by atomic mass is 16.6. The van der Waals surface area contributed by atoms with Crippen molar-refractivity contribution in [3.8, 4) is 5.75 Å². The molecule has 0 heterocycles. The van der Waals surface area contributed by atoms with Crippen LogP contribution in [0.1, 0.15) is 95.3 Å². The van der Waals surface area contributed by atoms with Gasteiger partial charge in [0.05, 0.1) is 24.2 Å². The summed E-state index contributed by atoms with van der Waals surface area (Å²) in [5.74, 6) is 0.0575. The summed E-state index contributed by atoms with van der Waals surface area (Å²) in [6, 6.07) is 4.03. The van der Waals surface area contributed by atoms with E-state index in [2.05, 4.69) is 13.8 Å². The summed E-state index contributed by atoms with van der Waals surface area (Å²) >= 11 is 0. The zero-order valence-corrected chi connectivity index (χ0v) is 20.1. The Hall–Kier alpha value is -2.15. The Bertz CT molecular complexity index is 652. The largest absolute Gasteiger partial charge is 0.492 e. The quantitative estimate of drug-likeness (QED) is 0.100. The average Bonchev–Trinajstić information content (AvgIpc) is 2.79. The molecule has 0 radical (unpaired) electrons. The normalized spacial score (nSPS) is 11.8. The van der Waals surface area contributed by atoms with Crippen LogP contribution in [0.3, 0.4) is 0 Å². The van der Waals surface area contributed by atoms with Crippen LogP contribution in [0.5, 0.6) is 5.75 Å². The molecule has 32 heavy (non-hydrogen) atoms. The van der Waals surface area contributed by atoms with Gasteiger partial charge in [-0.05, 0) is 37.7 Å². The van der Waals surface area contributed by atoms with Crippen LogP contribution < -0.4 is 4.74 Å². The molecule has 0 spiro atoms. The van der Waals surface area contributed by atoms with Gasteiger partial charge in [-0.15, -0.1) is 0 Å². The molecule has 0 aliphatic rings. The van der Waals surface area contributed by atoms with Gasteiger partial charge in [-0.1, -0.05) is 59.3 Å². The van der Waals surface area contributed by atoms with E-state index >= 15 is 0 Å². The highest BCUT2D eigenvalue weighted by Gasteiger charge is 2.19. The summed E-state index contributed by atoms with van der Waals surface area (Å²) < 4.78 is 17.0. The minimum absolute atomic E-state index is 0.107. The Morgan fingerprint density at radius 2 is 1.66 bits per heavy atom. The molecule has 1 atom stereocenters. The fourth-order valence-corrected chi connectivity index (χ4v) is 3.30.